The number of imidazole rings is 1. The first-order valence-electron chi connectivity index (χ1n) is 10.9. The summed E-state index contributed by atoms with van der Waals surface area (Å²) in [5.74, 6) is -3.12. The first-order chi connectivity index (χ1) is 15.4. The van der Waals surface area contributed by atoms with Crippen LogP contribution >= 0.6 is 0 Å². The molecule has 0 aliphatic rings. The van der Waals surface area contributed by atoms with Gasteiger partial charge in [0.2, 0.25) is 17.7 Å². The Morgan fingerprint density at radius 2 is 1.48 bits per heavy atom. The average molecular weight is 469 g/mol. The Bertz CT molecular complexity index is 782. The molecule has 4 atom stereocenters. The highest BCUT2D eigenvalue weighted by molar-refractivity contribution is 5.94. The smallest absolute Gasteiger partial charge is 0.328 e. The zero-order chi connectivity index (χ0) is 25.1. The Balaban J connectivity index is 3.02. The number of nitrogens with two attached hydrogens (primary N) is 1. The Morgan fingerprint density at radius 3 is 1.97 bits per heavy atom. The molecule has 1 aromatic rings. The van der Waals surface area contributed by atoms with Gasteiger partial charge in [0.15, 0.2) is 0 Å². The number of aromatic amines is 1. The van der Waals surface area contributed by atoms with Gasteiger partial charge in [-0.25, -0.2) is 9.78 Å². The van der Waals surface area contributed by atoms with Gasteiger partial charge < -0.3 is 36.9 Å². The Labute approximate surface area is 193 Å². The second kappa shape index (κ2) is 13.5. The number of amides is 3. The maximum Gasteiger partial charge on any atom is 0.328 e. The second-order valence-electron chi connectivity index (χ2n) is 8.85. The van der Waals surface area contributed by atoms with E-state index in [1.54, 1.807) is 0 Å². The van der Waals surface area contributed by atoms with Crippen molar-refractivity contribution < 1.29 is 29.4 Å². The third-order valence-corrected chi connectivity index (χ3v) is 4.81. The van der Waals surface area contributed by atoms with E-state index < -0.39 is 54.5 Å². The van der Waals surface area contributed by atoms with E-state index in [2.05, 4.69) is 25.9 Å². The van der Waals surface area contributed by atoms with Gasteiger partial charge in [-0.3, -0.25) is 14.4 Å². The molecule has 8 N–H and O–H groups in total. The molecule has 0 spiro atoms. The summed E-state index contributed by atoms with van der Waals surface area (Å²) in [6.45, 7) is 6.72. The van der Waals surface area contributed by atoms with E-state index in [-0.39, 0.29) is 24.7 Å². The van der Waals surface area contributed by atoms with Crippen LogP contribution in [0.1, 0.15) is 46.2 Å². The van der Waals surface area contributed by atoms with Crippen LogP contribution in [0, 0.1) is 11.8 Å². The van der Waals surface area contributed by atoms with Crippen molar-refractivity contribution in [2.45, 2.75) is 71.1 Å². The first kappa shape index (κ1) is 28.0. The Hall–Kier alpha value is -2.99. The van der Waals surface area contributed by atoms with Gasteiger partial charge in [-0.05, 0) is 24.7 Å². The molecule has 3 amide bonds. The lowest BCUT2D eigenvalue weighted by Crippen LogP contribution is -2.58. The third kappa shape index (κ3) is 10.00. The van der Waals surface area contributed by atoms with Crippen molar-refractivity contribution in [3.8, 4) is 0 Å². The van der Waals surface area contributed by atoms with Gasteiger partial charge in [-0.1, -0.05) is 27.7 Å². The van der Waals surface area contributed by atoms with Crippen molar-refractivity contribution in [1.82, 2.24) is 25.9 Å². The molecule has 0 bridgehead atoms. The van der Waals surface area contributed by atoms with Crippen molar-refractivity contribution in [3.63, 3.8) is 0 Å². The minimum absolute atomic E-state index is 0.0152. The van der Waals surface area contributed by atoms with Crippen LogP contribution in [0.25, 0.3) is 0 Å². The number of carbonyl (C=O) groups excluding carboxylic acids is 3. The molecule has 12 heteroatoms. The van der Waals surface area contributed by atoms with Gasteiger partial charge in [-0.15, -0.1) is 0 Å². The predicted molar refractivity (Wildman–Crippen MR) is 120 cm³/mol. The van der Waals surface area contributed by atoms with Gasteiger partial charge >= 0.3 is 5.97 Å². The average Bonchev–Trinajstić information content (AvgIpc) is 3.22. The van der Waals surface area contributed by atoms with Gasteiger partial charge in [0, 0.05) is 18.3 Å². The fourth-order valence-electron chi connectivity index (χ4n) is 3.15. The van der Waals surface area contributed by atoms with Crippen molar-refractivity contribution >= 4 is 23.7 Å². The zero-order valence-electron chi connectivity index (χ0n) is 19.5. The van der Waals surface area contributed by atoms with Crippen LogP contribution in [0.4, 0.5) is 0 Å². The maximum absolute atomic E-state index is 13.1. The van der Waals surface area contributed by atoms with Crippen LogP contribution in [0.3, 0.4) is 0 Å². The van der Waals surface area contributed by atoms with Gasteiger partial charge in [0.25, 0.3) is 0 Å². The standard InChI is InChI=1S/C21H36N6O6/c1-11(2)5-14(22)18(29)25-16(7-13-8-23-10-24-13)20(31)26-15(6-12(3)4)19(30)27-17(9-28)21(32)33/h8,10-12,14-17,28H,5-7,9,22H2,1-4H3,(H,23,24)(H,25,29)(H,26,31)(H,27,30)(H,32,33). The lowest BCUT2D eigenvalue weighted by Gasteiger charge is -2.26. The number of nitrogens with one attached hydrogen (secondary N) is 4. The highest BCUT2D eigenvalue weighted by Gasteiger charge is 2.31. The van der Waals surface area contributed by atoms with Crippen molar-refractivity contribution in [1.29, 1.82) is 0 Å². The van der Waals surface area contributed by atoms with Gasteiger partial charge in [-0.2, -0.15) is 0 Å². The van der Waals surface area contributed by atoms with Crippen LogP contribution in [0.15, 0.2) is 12.5 Å². The van der Waals surface area contributed by atoms with Crippen LogP contribution in [0.2, 0.25) is 0 Å². The number of aromatic nitrogens is 2. The largest absolute Gasteiger partial charge is 0.480 e. The zero-order valence-corrected chi connectivity index (χ0v) is 19.5. The molecule has 1 aromatic heterocycles. The van der Waals surface area contributed by atoms with E-state index in [1.807, 2.05) is 27.7 Å². The molecule has 0 saturated carbocycles. The molecule has 0 aromatic carbocycles. The van der Waals surface area contributed by atoms with E-state index in [0.29, 0.717) is 12.1 Å². The molecule has 4 unspecified atom stereocenters. The minimum Gasteiger partial charge on any atom is -0.480 e. The first-order valence-corrected chi connectivity index (χ1v) is 10.9. The summed E-state index contributed by atoms with van der Waals surface area (Å²) in [6, 6.07) is -4.43. The van der Waals surface area contributed by atoms with Crippen LogP contribution in [0.5, 0.6) is 0 Å². The van der Waals surface area contributed by atoms with E-state index in [1.165, 1.54) is 12.5 Å². The summed E-state index contributed by atoms with van der Waals surface area (Å²) >= 11 is 0. The summed E-state index contributed by atoms with van der Waals surface area (Å²) in [5.41, 5.74) is 6.53. The molecule has 0 aliphatic carbocycles. The van der Waals surface area contributed by atoms with Crippen molar-refractivity contribution in [2.75, 3.05) is 6.61 Å². The monoisotopic (exact) mass is 468 g/mol. The van der Waals surface area contributed by atoms with Crippen LogP contribution in [-0.4, -0.2) is 74.6 Å². The summed E-state index contributed by atoms with van der Waals surface area (Å²) in [5, 5.41) is 25.7. The third-order valence-electron chi connectivity index (χ3n) is 4.81. The molecule has 12 nitrogen and oxygen atoms in total. The summed E-state index contributed by atoms with van der Waals surface area (Å²) < 4.78 is 0. The number of carbonyl (C=O) groups is 4. The number of aliphatic hydroxyl groups excluding tert-OH is 1. The SMILES string of the molecule is CC(C)CC(N)C(=O)NC(Cc1cnc[nH]1)C(=O)NC(CC(C)C)C(=O)NC(CO)C(=O)O. The minimum atomic E-state index is -1.50. The quantitative estimate of drug-likeness (QED) is 0.178. The summed E-state index contributed by atoms with van der Waals surface area (Å²) in [6.07, 6.45) is 3.67. The molecule has 33 heavy (non-hydrogen) atoms. The van der Waals surface area contributed by atoms with Crippen molar-refractivity contribution in [2.24, 2.45) is 17.6 Å². The Kier molecular flexibility index (Phi) is 11.5. The molecule has 0 aliphatic heterocycles. The molecule has 0 saturated heterocycles. The number of nitrogens with zero attached hydrogens (tertiary/aromatic N) is 1. The molecule has 1 heterocycles. The second-order valence-corrected chi connectivity index (χ2v) is 8.85. The van der Waals surface area contributed by atoms with Gasteiger partial charge in [0.1, 0.15) is 18.1 Å². The Morgan fingerprint density at radius 1 is 0.939 bits per heavy atom. The maximum atomic E-state index is 13.1. The van der Waals surface area contributed by atoms with Crippen molar-refractivity contribution in [3.05, 3.63) is 18.2 Å². The fraction of sp³-hybridized carbons (Fsp3) is 0.667. The lowest BCUT2D eigenvalue weighted by molar-refractivity contribution is -0.143. The summed E-state index contributed by atoms with van der Waals surface area (Å²) in [4.78, 5) is 56.2. The number of rotatable bonds is 14. The summed E-state index contributed by atoms with van der Waals surface area (Å²) in [7, 11) is 0. The number of hydrogen-bond acceptors (Lipinski definition) is 7. The lowest BCUT2D eigenvalue weighted by atomic mass is 10.0. The molecular formula is C21H36N6O6. The molecule has 186 valence electrons. The predicted octanol–water partition coefficient (Wildman–Crippen LogP) is -1.10. The number of carboxylic acid groups (broad SMARTS) is 1. The number of aliphatic hydroxyl groups is 1. The highest BCUT2D eigenvalue weighted by Crippen LogP contribution is 2.08. The number of H-pyrrole nitrogens is 1. The molecular weight excluding hydrogens is 432 g/mol. The normalized spacial score (nSPS) is 14.9. The highest BCUT2D eigenvalue weighted by atomic mass is 16.4. The van der Waals surface area contributed by atoms with Gasteiger partial charge in [0.05, 0.1) is 19.0 Å². The van der Waals surface area contributed by atoms with E-state index >= 15 is 0 Å². The molecule has 0 fully saturated rings. The van der Waals surface area contributed by atoms with E-state index in [4.69, 9.17) is 10.8 Å². The topological polar surface area (TPSA) is 200 Å². The van der Waals surface area contributed by atoms with Crippen LogP contribution in [-0.2, 0) is 25.6 Å². The van der Waals surface area contributed by atoms with E-state index in [9.17, 15) is 24.3 Å². The number of aliphatic carboxylic acids is 1. The van der Waals surface area contributed by atoms with Crippen LogP contribution < -0.4 is 21.7 Å². The number of carboxylic acids is 1. The van der Waals surface area contributed by atoms with E-state index in [0.717, 1.165) is 0 Å². The molecule has 1 rings (SSSR count). The fourth-order valence-corrected chi connectivity index (χ4v) is 3.15. The molecule has 0 radical (unpaired) electrons. The number of hydrogen-bond donors (Lipinski definition) is 7.